The molecule has 0 aliphatic carbocycles. The third-order valence-corrected chi connectivity index (χ3v) is 2.38. The second kappa shape index (κ2) is 6.82. The van der Waals surface area contributed by atoms with Gasteiger partial charge in [0.2, 0.25) is 5.91 Å². The molecule has 84 valence electrons. The third kappa shape index (κ3) is 5.22. The molecule has 0 aromatic heterocycles. The van der Waals surface area contributed by atoms with Gasteiger partial charge < -0.3 is 10.4 Å². The fourth-order valence-electron chi connectivity index (χ4n) is 1.28. The average Bonchev–Trinajstić information content (AvgIpc) is 2.14. The van der Waals surface area contributed by atoms with Crippen molar-refractivity contribution < 1.29 is 9.90 Å². The molecular formula is C11H23NO2. The third-order valence-electron chi connectivity index (χ3n) is 2.38. The van der Waals surface area contributed by atoms with E-state index in [4.69, 9.17) is 5.11 Å². The maximum absolute atomic E-state index is 11.5. The highest BCUT2D eigenvalue weighted by Crippen LogP contribution is 2.06. The maximum atomic E-state index is 11.5. The first kappa shape index (κ1) is 13.4. The van der Waals surface area contributed by atoms with Crippen molar-refractivity contribution in [3.05, 3.63) is 0 Å². The lowest BCUT2D eigenvalue weighted by Crippen LogP contribution is -2.41. The molecule has 0 rings (SSSR count). The SMILES string of the molecule is CCC(C)C(=O)NC(CO)CC(C)C. The lowest BCUT2D eigenvalue weighted by atomic mass is 10.0. The summed E-state index contributed by atoms with van der Waals surface area (Å²) >= 11 is 0. The number of carbonyl (C=O) groups is 1. The van der Waals surface area contributed by atoms with Crippen LogP contribution in [0.4, 0.5) is 0 Å². The summed E-state index contributed by atoms with van der Waals surface area (Å²) in [4.78, 5) is 11.5. The molecule has 0 saturated carbocycles. The molecule has 0 spiro atoms. The molecule has 0 heterocycles. The Hall–Kier alpha value is -0.570. The molecule has 2 unspecified atom stereocenters. The Morgan fingerprint density at radius 3 is 2.29 bits per heavy atom. The summed E-state index contributed by atoms with van der Waals surface area (Å²) in [5.41, 5.74) is 0. The Bertz CT molecular complexity index is 169. The molecule has 0 fully saturated rings. The molecular weight excluding hydrogens is 178 g/mol. The van der Waals surface area contributed by atoms with Crippen LogP contribution in [0, 0.1) is 11.8 Å². The van der Waals surface area contributed by atoms with Crippen molar-refractivity contribution in [2.24, 2.45) is 11.8 Å². The average molecular weight is 201 g/mol. The number of rotatable bonds is 6. The van der Waals surface area contributed by atoms with Crippen LogP contribution in [0.15, 0.2) is 0 Å². The Balaban J connectivity index is 3.98. The molecule has 0 aromatic carbocycles. The van der Waals surface area contributed by atoms with Gasteiger partial charge >= 0.3 is 0 Å². The molecule has 2 atom stereocenters. The smallest absolute Gasteiger partial charge is 0.223 e. The summed E-state index contributed by atoms with van der Waals surface area (Å²) in [5.74, 6) is 0.577. The predicted octanol–water partition coefficient (Wildman–Crippen LogP) is 1.56. The Morgan fingerprint density at radius 2 is 1.93 bits per heavy atom. The van der Waals surface area contributed by atoms with Crippen LogP contribution in [0.1, 0.15) is 40.5 Å². The monoisotopic (exact) mass is 201 g/mol. The summed E-state index contributed by atoms with van der Waals surface area (Å²) < 4.78 is 0. The van der Waals surface area contributed by atoms with Crippen molar-refractivity contribution in [3.63, 3.8) is 0 Å². The van der Waals surface area contributed by atoms with E-state index >= 15 is 0 Å². The topological polar surface area (TPSA) is 49.3 Å². The number of aliphatic hydroxyl groups is 1. The Kier molecular flexibility index (Phi) is 6.54. The molecule has 0 radical (unpaired) electrons. The molecule has 3 heteroatoms. The van der Waals surface area contributed by atoms with Crippen LogP contribution in [0.2, 0.25) is 0 Å². The Morgan fingerprint density at radius 1 is 1.36 bits per heavy atom. The lowest BCUT2D eigenvalue weighted by Gasteiger charge is -2.20. The van der Waals surface area contributed by atoms with Crippen LogP contribution in [-0.4, -0.2) is 23.7 Å². The van der Waals surface area contributed by atoms with E-state index in [0.717, 1.165) is 12.8 Å². The van der Waals surface area contributed by atoms with Crippen molar-refractivity contribution >= 4 is 5.91 Å². The number of nitrogens with one attached hydrogen (secondary N) is 1. The fraction of sp³-hybridized carbons (Fsp3) is 0.909. The van der Waals surface area contributed by atoms with Gasteiger partial charge in [-0.15, -0.1) is 0 Å². The van der Waals surface area contributed by atoms with Crippen molar-refractivity contribution in [2.45, 2.75) is 46.6 Å². The first-order chi connectivity index (χ1) is 6.51. The molecule has 0 saturated heterocycles. The minimum atomic E-state index is -0.0866. The fourth-order valence-corrected chi connectivity index (χ4v) is 1.28. The van der Waals surface area contributed by atoms with Crippen LogP contribution < -0.4 is 5.32 Å². The summed E-state index contributed by atoms with van der Waals surface area (Å²) in [7, 11) is 0. The van der Waals surface area contributed by atoms with Gasteiger partial charge in [0.25, 0.3) is 0 Å². The first-order valence-corrected chi connectivity index (χ1v) is 5.42. The molecule has 0 aromatic rings. The van der Waals surface area contributed by atoms with Gasteiger partial charge in [0.15, 0.2) is 0 Å². The van der Waals surface area contributed by atoms with Crippen LogP contribution in [0.3, 0.4) is 0 Å². The van der Waals surface area contributed by atoms with Gasteiger partial charge in [-0.05, 0) is 18.8 Å². The number of hydrogen-bond donors (Lipinski definition) is 2. The highest BCUT2D eigenvalue weighted by atomic mass is 16.3. The van der Waals surface area contributed by atoms with Gasteiger partial charge in [-0.1, -0.05) is 27.7 Å². The minimum Gasteiger partial charge on any atom is -0.394 e. The van der Waals surface area contributed by atoms with E-state index in [9.17, 15) is 4.79 Å². The largest absolute Gasteiger partial charge is 0.394 e. The standard InChI is InChI=1S/C11H23NO2/c1-5-9(4)11(14)12-10(7-13)6-8(2)3/h8-10,13H,5-7H2,1-4H3,(H,12,14). The quantitative estimate of drug-likeness (QED) is 0.685. The van der Waals surface area contributed by atoms with E-state index in [2.05, 4.69) is 19.2 Å². The number of amides is 1. The zero-order valence-corrected chi connectivity index (χ0v) is 9.71. The van der Waals surface area contributed by atoms with Crippen LogP contribution in [-0.2, 0) is 4.79 Å². The molecule has 0 bridgehead atoms. The van der Waals surface area contributed by atoms with E-state index in [1.807, 2.05) is 13.8 Å². The van der Waals surface area contributed by atoms with Crippen LogP contribution in [0.25, 0.3) is 0 Å². The van der Waals surface area contributed by atoms with Gasteiger partial charge in [0, 0.05) is 5.92 Å². The summed E-state index contributed by atoms with van der Waals surface area (Å²) in [6, 6.07) is -0.0866. The van der Waals surface area contributed by atoms with E-state index in [1.54, 1.807) is 0 Å². The van der Waals surface area contributed by atoms with Gasteiger partial charge in [0.1, 0.15) is 0 Å². The van der Waals surface area contributed by atoms with Crippen molar-refractivity contribution in [1.82, 2.24) is 5.32 Å². The van der Waals surface area contributed by atoms with Crippen molar-refractivity contribution in [3.8, 4) is 0 Å². The second-order valence-electron chi connectivity index (χ2n) is 4.33. The number of hydrogen-bond acceptors (Lipinski definition) is 2. The molecule has 0 aliphatic rings. The zero-order valence-electron chi connectivity index (χ0n) is 9.71. The van der Waals surface area contributed by atoms with Gasteiger partial charge in [0.05, 0.1) is 12.6 Å². The highest BCUT2D eigenvalue weighted by molar-refractivity contribution is 5.78. The number of carbonyl (C=O) groups excluding carboxylic acids is 1. The summed E-state index contributed by atoms with van der Waals surface area (Å²) in [6.07, 6.45) is 1.67. The van der Waals surface area contributed by atoms with Gasteiger partial charge in [-0.2, -0.15) is 0 Å². The van der Waals surface area contributed by atoms with Crippen LogP contribution in [0.5, 0.6) is 0 Å². The van der Waals surface area contributed by atoms with Crippen molar-refractivity contribution in [2.75, 3.05) is 6.61 Å². The first-order valence-electron chi connectivity index (χ1n) is 5.42. The minimum absolute atomic E-state index is 0.0281. The highest BCUT2D eigenvalue weighted by Gasteiger charge is 2.16. The second-order valence-corrected chi connectivity index (χ2v) is 4.33. The molecule has 0 aliphatic heterocycles. The maximum Gasteiger partial charge on any atom is 0.223 e. The van der Waals surface area contributed by atoms with Gasteiger partial charge in [-0.25, -0.2) is 0 Å². The summed E-state index contributed by atoms with van der Waals surface area (Å²) in [5, 5.41) is 11.9. The lowest BCUT2D eigenvalue weighted by molar-refractivity contribution is -0.125. The number of aliphatic hydroxyl groups excluding tert-OH is 1. The van der Waals surface area contributed by atoms with E-state index < -0.39 is 0 Å². The van der Waals surface area contributed by atoms with Gasteiger partial charge in [-0.3, -0.25) is 4.79 Å². The predicted molar refractivity (Wildman–Crippen MR) is 57.9 cm³/mol. The molecule has 2 N–H and O–H groups in total. The zero-order chi connectivity index (χ0) is 11.1. The van der Waals surface area contributed by atoms with E-state index in [-0.39, 0.29) is 24.5 Å². The van der Waals surface area contributed by atoms with Crippen molar-refractivity contribution in [1.29, 1.82) is 0 Å². The van der Waals surface area contributed by atoms with E-state index in [1.165, 1.54) is 0 Å². The van der Waals surface area contributed by atoms with Crippen LogP contribution >= 0.6 is 0 Å². The molecule has 14 heavy (non-hydrogen) atoms. The van der Waals surface area contributed by atoms with E-state index in [0.29, 0.717) is 5.92 Å². The molecule has 1 amide bonds. The summed E-state index contributed by atoms with van der Waals surface area (Å²) in [6.45, 7) is 8.08. The molecule has 3 nitrogen and oxygen atoms in total. The Labute approximate surface area is 86.9 Å². The normalized spacial score (nSPS) is 15.3.